The summed E-state index contributed by atoms with van der Waals surface area (Å²) in [4.78, 5) is 42.4. The van der Waals surface area contributed by atoms with E-state index in [1.165, 1.54) is 0 Å². The van der Waals surface area contributed by atoms with Gasteiger partial charge in [0.25, 0.3) is 0 Å². The Morgan fingerprint density at radius 3 is 2.15 bits per heavy atom. The number of carboxylic acid groups (broad SMARTS) is 1. The highest BCUT2D eigenvalue weighted by molar-refractivity contribution is 7.15. The maximum atomic E-state index is 13.8. The van der Waals surface area contributed by atoms with E-state index in [1.807, 2.05) is 20.8 Å². The summed E-state index contributed by atoms with van der Waals surface area (Å²) in [6, 6.07) is 1.60. The number of amides is 2. The molecule has 7 heteroatoms. The first-order valence-corrected chi connectivity index (χ1v) is 12.6. The van der Waals surface area contributed by atoms with E-state index in [0.717, 1.165) is 37.0 Å². The average molecular weight is 473 g/mol. The number of rotatable bonds is 5. The van der Waals surface area contributed by atoms with Gasteiger partial charge in [-0.3, -0.25) is 9.59 Å². The topological polar surface area (TPSA) is 77.9 Å². The Morgan fingerprint density at radius 1 is 1.03 bits per heavy atom. The Balaban J connectivity index is 1.96. The fourth-order valence-electron chi connectivity index (χ4n) is 4.59. The number of carbonyl (C=O) groups is 3. The minimum atomic E-state index is -1.05. The number of hydrogen-bond donors (Lipinski definition) is 1. The first-order chi connectivity index (χ1) is 15.4. The highest BCUT2D eigenvalue weighted by atomic mass is 32.1. The fraction of sp³-hybridized carbons (Fsp3) is 0.654. The molecule has 1 N–H and O–H groups in total. The van der Waals surface area contributed by atoms with Crippen molar-refractivity contribution in [3.8, 4) is 11.8 Å². The molecular weight excluding hydrogens is 436 g/mol. The monoisotopic (exact) mass is 472 g/mol. The molecule has 0 bridgehead atoms. The van der Waals surface area contributed by atoms with Gasteiger partial charge in [-0.1, -0.05) is 18.8 Å². The number of carboxylic acids is 1. The lowest BCUT2D eigenvalue weighted by molar-refractivity contribution is -0.137. The van der Waals surface area contributed by atoms with Crippen molar-refractivity contribution in [1.82, 2.24) is 4.90 Å². The first-order valence-electron chi connectivity index (χ1n) is 11.8. The zero-order valence-electron chi connectivity index (χ0n) is 20.6. The van der Waals surface area contributed by atoms with E-state index in [9.17, 15) is 19.5 Å². The molecule has 2 saturated carbocycles. The Hall–Kier alpha value is -2.33. The molecule has 0 spiro atoms. The molecule has 2 fully saturated rings. The van der Waals surface area contributed by atoms with Crippen molar-refractivity contribution in [2.75, 3.05) is 19.0 Å². The second kappa shape index (κ2) is 9.89. The molecule has 1 heterocycles. The van der Waals surface area contributed by atoms with E-state index in [0.29, 0.717) is 29.3 Å². The molecule has 0 unspecified atom stereocenters. The molecular formula is C26H36N2O4S. The van der Waals surface area contributed by atoms with Crippen molar-refractivity contribution in [2.24, 2.45) is 23.2 Å². The van der Waals surface area contributed by atoms with E-state index in [4.69, 9.17) is 0 Å². The van der Waals surface area contributed by atoms with Crippen LogP contribution >= 0.6 is 11.3 Å². The van der Waals surface area contributed by atoms with Gasteiger partial charge in [0.15, 0.2) is 0 Å². The van der Waals surface area contributed by atoms with E-state index in [-0.39, 0.29) is 40.0 Å². The number of hydrogen-bond acceptors (Lipinski definition) is 4. The fourth-order valence-corrected chi connectivity index (χ4v) is 5.43. The molecule has 3 rings (SSSR count). The molecule has 2 aliphatic rings. The van der Waals surface area contributed by atoms with Crippen LogP contribution in [0.15, 0.2) is 6.07 Å². The van der Waals surface area contributed by atoms with Gasteiger partial charge < -0.3 is 14.9 Å². The van der Waals surface area contributed by atoms with Crippen molar-refractivity contribution in [2.45, 2.75) is 72.3 Å². The van der Waals surface area contributed by atoms with Crippen molar-refractivity contribution >= 4 is 34.8 Å². The van der Waals surface area contributed by atoms with E-state index < -0.39 is 5.97 Å². The van der Waals surface area contributed by atoms with Crippen LogP contribution in [0.3, 0.4) is 0 Å². The highest BCUT2D eigenvalue weighted by Gasteiger charge is 2.44. The Labute approximate surface area is 201 Å². The summed E-state index contributed by atoms with van der Waals surface area (Å²) in [5.74, 6) is 5.66. The average Bonchev–Trinajstić information content (AvgIpc) is 3.12. The predicted molar refractivity (Wildman–Crippen MR) is 131 cm³/mol. The summed E-state index contributed by atoms with van der Waals surface area (Å²) < 4.78 is 0. The highest BCUT2D eigenvalue weighted by Crippen LogP contribution is 2.42. The van der Waals surface area contributed by atoms with Crippen LogP contribution in [0.2, 0.25) is 0 Å². The molecule has 0 aliphatic heterocycles. The number of anilines is 1. The molecule has 0 atom stereocenters. The second-order valence-electron chi connectivity index (χ2n) is 10.9. The number of nitrogens with zero attached hydrogens (tertiary/aromatic N) is 2. The Bertz CT molecular complexity index is 965. The Kier molecular flexibility index (Phi) is 7.58. The molecule has 0 aromatic carbocycles. The summed E-state index contributed by atoms with van der Waals surface area (Å²) in [6.07, 6.45) is 4.79. The quantitative estimate of drug-likeness (QED) is 0.620. The molecule has 1 aromatic rings. The van der Waals surface area contributed by atoms with E-state index >= 15 is 0 Å². The number of carbonyl (C=O) groups excluding carboxylic acids is 2. The third-order valence-corrected chi connectivity index (χ3v) is 7.63. The van der Waals surface area contributed by atoms with Crippen LogP contribution in [0, 0.1) is 35.0 Å². The maximum absolute atomic E-state index is 13.8. The molecule has 0 radical (unpaired) electrons. The molecule has 33 heavy (non-hydrogen) atoms. The third kappa shape index (κ3) is 5.97. The summed E-state index contributed by atoms with van der Waals surface area (Å²) in [5.41, 5.74) is 0.227. The zero-order valence-corrected chi connectivity index (χ0v) is 21.4. The second-order valence-corrected chi connectivity index (χ2v) is 11.9. The molecule has 6 nitrogen and oxygen atoms in total. The lowest BCUT2D eigenvalue weighted by Gasteiger charge is -2.44. The minimum Gasteiger partial charge on any atom is -0.477 e. The van der Waals surface area contributed by atoms with Gasteiger partial charge in [-0.15, -0.1) is 11.3 Å². The van der Waals surface area contributed by atoms with Gasteiger partial charge in [0.1, 0.15) is 4.88 Å². The van der Waals surface area contributed by atoms with E-state index in [2.05, 4.69) is 18.8 Å². The molecule has 0 saturated heterocycles. The van der Waals surface area contributed by atoms with Crippen LogP contribution in [0.5, 0.6) is 0 Å². The van der Waals surface area contributed by atoms with Crippen LogP contribution < -0.4 is 4.90 Å². The Morgan fingerprint density at radius 2 is 1.64 bits per heavy atom. The van der Waals surface area contributed by atoms with Crippen LogP contribution in [0.1, 0.15) is 80.8 Å². The van der Waals surface area contributed by atoms with Crippen LogP contribution in [0.25, 0.3) is 0 Å². The van der Waals surface area contributed by atoms with Gasteiger partial charge in [-0.05, 0) is 71.3 Å². The number of thiophene rings is 1. The molecule has 1 aromatic heterocycles. The van der Waals surface area contributed by atoms with Crippen molar-refractivity contribution in [1.29, 1.82) is 0 Å². The van der Waals surface area contributed by atoms with Crippen LogP contribution in [-0.2, 0) is 9.59 Å². The largest absolute Gasteiger partial charge is 0.477 e. The molecule has 180 valence electrons. The summed E-state index contributed by atoms with van der Waals surface area (Å²) >= 11 is 1.12. The van der Waals surface area contributed by atoms with Gasteiger partial charge in [0, 0.05) is 37.4 Å². The van der Waals surface area contributed by atoms with Gasteiger partial charge in [-0.25, -0.2) is 4.79 Å². The van der Waals surface area contributed by atoms with Crippen LogP contribution in [0.4, 0.5) is 5.69 Å². The minimum absolute atomic E-state index is 0.00159. The summed E-state index contributed by atoms with van der Waals surface area (Å²) in [5, 5.41) is 9.93. The lowest BCUT2D eigenvalue weighted by Crippen LogP contribution is -2.53. The SMILES string of the molecule is CN(C)C(=O)C1CC(N(c2cc(C#CC(C)(C)C)sc2C(=O)O)C(=O)[C@H]2CC[C@@H](C)CC2)C1. The van der Waals surface area contributed by atoms with Crippen molar-refractivity contribution in [3.05, 3.63) is 15.8 Å². The predicted octanol–water partition coefficient (Wildman–Crippen LogP) is 4.87. The maximum Gasteiger partial charge on any atom is 0.348 e. The summed E-state index contributed by atoms with van der Waals surface area (Å²) in [6.45, 7) is 8.22. The van der Waals surface area contributed by atoms with Crippen molar-refractivity contribution in [3.63, 3.8) is 0 Å². The first kappa shape index (κ1) is 25.3. The lowest BCUT2D eigenvalue weighted by atomic mass is 9.76. The van der Waals surface area contributed by atoms with Crippen LogP contribution in [-0.4, -0.2) is 47.9 Å². The van der Waals surface area contributed by atoms with E-state index in [1.54, 1.807) is 30.0 Å². The van der Waals surface area contributed by atoms with Gasteiger partial charge in [-0.2, -0.15) is 0 Å². The number of aromatic carboxylic acids is 1. The normalized spacial score (nSPS) is 24.8. The zero-order chi connectivity index (χ0) is 24.5. The van der Waals surface area contributed by atoms with Gasteiger partial charge >= 0.3 is 5.97 Å². The summed E-state index contributed by atoms with van der Waals surface area (Å²) in [7, 11) is 3.48. The third-order valence-electron chi connectivity index (χ3n) is 6.60. The standard InChI is InChI=1S/C26H36N2O4S/c1-16-7-9-17(10-8-16)24(30)28(19-13-18(14-19)23(29)27(5)6)21-15-20(11-12-26(2,3)4)33-22(21)25(31)32/h15-19H,7-10,13-14H2,1-6H3,(H,31,32)/t16-,17+,18?,19?. The molecule has 2 aliphatic carbocycles. The van der Waals surface area contributed by atoms with Gasteiger partial charge in [0.2, 0.25) is 11.8 Å². The smallest absolute Gasteiger partial charge is 0.348 e. The van der Waals surface area contributed by atoms with Crippen molar-refractivity contribution < 1.29 is 19.5 Å². The van der Waals surface area contributed by atoms with Gasteiger partial charge in [0.05, 0.1) is 10.6 Å². The molecule has 2 amide bonds.